The van der Waals surface area contributed by atoms with Gasteiger partial charge in [0.05, 0.1) is 5.25 Å². The molecule has 1 aromatic carbocycles. The highest BCUT2D eigenvalue weighted by Crippen LogP contribution is 2.21. The number of para-hydroxylation sites is 1. The second-order valence-electron chi connectivity index (χ2n) is 8.35. The minimum absolute atomic E-state index is 0.0576. The van der Waals surface area contributed by atoms with Crippen LogP contribution in [0.2, 0.25) is 0 Å². The molecule has 0 radical (unpaired) electrons. The third-order valence-electron chi connectivity index (χ3n) is 6.07. The van der Waals surface area contributed by atoms with Crippen molar-refractivity contribution in [3.05, 3.63) is 36.0 Å². The number of imide groups is 1. The number of nitrogens with one attached hydrogen (secondary N) is 2. The van der Waals surface area contributed by atoms with Gasteiger partial charge in [-0.2, -0.15) is 25.3 Å². The number of likely N-dealkylation sites (N-methyl/N-ethyl adjacent to an activating group) is 1. The number of rotatable bonds is 11. The van der Waals surface area contributed by atoms with E-state index in [4.69, 9.17) is 0 Å². The molecule has 1 saturated heterocycles. The second-order valence-corrected chi connectivity index (χ2v) is 9.34. The molecule has 0 spiro atoms. The zero-order valence-electron chi connectivity index (χ0n) is 19.1. The maximum atomic E-state index is 13.1. The predicted octanol–water partition coefficient (Wildman–Crippen LogP) is 0.874. The smallest absolute Gasteiger partial charge is 0.326 e. The van der Waals surface area contributed by atoms with Crippen LogP contribution < -0.4 is 5.32 Å². The Morgan fingerprint density at radius 3 is 2.49 bits per heavy atom. The molecule has 2 aromatic rings. The fourth-order valence-electron chi connectivity index (χ4n) is 4.01. The summed E-state index contributed by atoms with van der Waals surface area (Å²) < 4.78 is 0. The number of aliphatic carboxylic acids is 1. The van der Waals surface area contributed by atoms with Crippen molar-refractivity contribution in [3.63, 3.8) is 0 Å². The summed E-state index contributed by atoms with van der Waals surface area (Å²) in [6.07, 6.45) is 2.23. The number of aromatic nitrogens is 1. The van der Waals surface area contributed by atoms with Gasteiger partial charge in [-0.1, -0.05) is 18.2 Å². The summed E-state index contributed by atoms with van der Waals surface area (Å²) in [6, 6.07) is 5.21. The molecular formula is C23H28N4O6S2. The van der Waals surface area contributed by atoms with Crippen LogP contribution in [0.3, 0.4) is 0 Å². The number of hydrogen-bond acceptors (Lipinski definition) is 7. The molecule has 0 aliphatic carbocycles. The van der Waals surface area contributed by atoms with Crippen LogP contribution in [-0.2, 0) is 30.4 Å². The molecule has 4 amide bonds. The van der Waals surface area contributed by atoms with Gasteiger partial charge in [-0.15, -0.1) is 0 Å². The largest absolute Gasteiger partial charge is 0.480 e. The molecule has 1 unspecified atom stereocenters. The van der Waals surface area contributed by atoms with Crippen molar-refractivity contribution in [1.29, 1.82) is 0 Å². The number of carboxylic acids is 1. The number of hydrogen-bond donors (Lipinski definition) is 5. The molecule has 188 valence electrons. The van der Waals surface area contributed by atoms with E-state index >= 15 is 0 Å². The standard InChI is InChI=1S/C23H28N4O6S2/c1-26(17(23(32)33)10-13-11-24-15-5-3-2-4-14(13)15)22(31)16(12-34)25-21(30)18(35)8-9-27-19(28)6-7-20(27)29/h2-5,11,16-18,24,34-35H,6-10,12H2,1H3,(H,25,30)(H,32,33)/t16?,17-,18-/m0/s1. The average Bonchev–Trinajstić information content (AvgIpc) is 3.40. The number of nitrogens with zero attached hydrogens (tertiary/aromatic N) is 2. The van der Waals surface area contributed by atoms with E-state index in [1.165, 1.54) is 7.05 Å². The van der Waals surface area contributed by atoms with Gasteiger partial charge in [0.2, 0.25) is 23.6 Å². The van der Waals surface area contributed by atoms with E-state index in [0.29, 0.717) is 0 Å². The third-order valence-corrected chi connectivity index (χ3v) is 6.93. The second kappa shape index (κ2) is 11.6. The number of carbonyl (C=O) groups excluding carboxylic acids is 4. The Bertz CT molecular complexity index is 1120. The fourth-order valence-corrected chi connectivity index (χ4v) is 4.44. The Kier molecular flexibility index (Phi) is 8.84. The molecule has 3 atom stereocenters. The fraction of sp³-hybridized carbons (Fsp3) is 0.435. The van der Waals surface area contributed by atoms with Crippen molar-refractivity contribution >= 4 is 65.8 Å². The number of thiol groups is 2. The zero-order valence-corrected chi connectivity index (χ0v) is 20.9. The van der Waals surface area contributed by atoms with Crippen LogP contribution in [0, 0.1) is 0 Å². The first-order chi connectivity index (χ1) is 16.6. The summed E-state index contributed by atoms with van der Waals surface area (Å²) in [7, 11) is 1.38. The summed E-state index contributed by atoms with van der Waals surface area (Å²) >= 11 is 8.41. The van der Waals surface area contributed by atoms with Gasteiger partial charge in [0.25, 0.3) is 0 Å². The first-order valence-electron chi connectivity index (χ1n) is 11.1. The van der Waals surface area contributed by atoms with Gasteiger partial charge in [0.15, 0.2) is 0 Å². The van der Waals surface area contributed by atoms with Crippen LogP contribution in [-0.4, -0.2) is 86.2 Å². The van der Waals surface area contributed by atoms with Crippen molar-refractivity contribution in [1.82, 2.24) is 20.1 Å². The lowest BCUT2D eigenvalue weighted by Gasteiger charge is -2.29. The molecule has 1 fully saturated rings. The lowest BCUT2D eigenvalue weighted by atomic mass is 10.0. The minimum Gasteiger partial charge on any atom is -0.480 e. The SMILES string of the molecule is CN(C(=O)C(CS)NC(=O)[C@@H](S)CCN1C(=O)CCC1=O)[C@@H](Cc1c[nH]c2ccccc12)C(=O)O. The van der Waals surface area contributed by atoms with Crippen LogP contribution in [0.4, 0.5) is 0 Å². The van der Waals surface area contributed by atoms with Crippen LogP contribution in [0.15, 0.2) is 30.5 Å². The molecule has 1 aliphatic heterocycles. The summed E-state index contributed by atoms with van der Waals surface area (Å²) in [5.41, 5.74) is 1.61. The van der Waals surface area contributed by atoms with Gasteiger partial charge in [-0.05, 0) is 18.1 Å². The molecule has 3 rings (SSSR count). The van der Waals surface area contributed by atoms with Crippen LogP contribution >= 0.6 is 25.3 Å². The van der Waals surface area contributed by atoms with Crippen molar-refractivity contribution in [2.45, 2.75) is 43.0 Å². The Balaban J connectivity index is 1.63. The van der Waals surface area contributed by atoms with E-state index in [0.717, 1.165) is 26.3 Å². The average molecular weight is 521 g/mol. The number of likely N-dealkylation sites (tertiary alicyclic amines) is 1. The Morgan fingerprint density at radius 2 is 1.86 bits per heavy atom. The molecule has 3 N–H and O–H groups in total. The number of carboxylic acid groups (broad SMARTS) is 1. The highest BCUT2D eigenvalue weighted by Gasteiger charge is 2.34. The van der Waals surface area contributed by atoms with E-state index in [2.05, 4.69) is 35.6 Å². The summed E-state index contributed by atoms with van der Waals surface area (Å²) in [5.74, 6) is -2.98. The Hall–Kier alpha value is -2.99. The van der Waals surface area contributed by atoms with Gasteiger partial charge < -0.3 is 20.3 Å². The van der Waals surface area contributed by atoms with Crippen LogP contribution in [0.5, 0.6) is 0 Å². The van der Waals surface area contributed by atoms with Crippen molar-refractivity contribution in [2.75, 3.05) is 19.3 Å². The minimum atomic E-state index is -1.18. The molecule has 1 aromatic heterocycles. The molecule has 10 nitrogen and oxygen atoms in total. The normalized spacial score (nSPS) is 16.3. The van der Waals surface area contributed by atoms with Crippen LogP contribution in [0.25, 0.3) is 10.9 Å². The number of benzene rings is 1. The maximum Gasteiger partial charge on any atom is 0.326 e. The van der Waals surface area contributed by atoms with E-state index < -0.39 is 35.1 Å². The van der Waals surface area contributed by atoms with Gasteiger partial charge in [0, 0.05) is 55.7 Å². The maximum absolute atomic E-state index is 13.1. The predicted molar refractivity (Wildman–Crippen MR) is 135 cm³/mol. The highest BCUT2D eigenvalue weighted by molar-refractivity contribution is 7.81. The van der Waals surface area contributed by atoms with E-state index in [1.54, 1.807) is 6.20 Å². The summed E-state index contributed by atoms with van der Waals surface area (Å²) in [5, 5.41) is 12.4. The lowest BCUT2D eigenvalue weighted by Crippen LogP contribution is -2.54. The van der Waals surface area contributed by atoms with Crippen LogP contribution in [0.1, 0.15) is 24.8 Å². The van der Waals surface area contributed by atoms with Gasteiger partial charge in [0.1, 0.15) is 12.1 Å². The Morgan fingerprint density at radius 1 is 1.20 bits per heavy atom. The summed E-state index contributed by atoms with van der Waals surface area (Å²) in [6.45, 7) is 0.0599. The summed E-state index contributed by atoms with van der Waals surface area (Å²) in [4.78, 5) is 66.5. The zero-order chi connectivity index (χ0) is 25.7. The van der Waals surface area contributed by atoms with E-state index in [1.807, 2.05) is 24.3 Å². The molecule has 12 heteroatoms. The third kappa shape index (κ3) is 6.17. The van der Waals surface area contributed by atoms with E-state index in [9.17, 15) is 29.1 Å². The first-order valence-corrected chi connectivity index (χ1v) is 12.3. The lowest BCUT2D eigenvalue weighted by molar-refractivity contribution is -0.149. The number of aromatic amines is 1. The first kappa shape index (κ1) is 26.6. The highest BCUT2D eigenvalue weighted by atomic mass is 32.1. The number of amides is 4. The molecule has 0 bridgehead atoms. The number of fused-ring (bicyclic) bond motifs is 1. The molecule has 1 aliphatic rings. The van der Waals surface area contributed by atoms with Crippen molar-refractivity contribution in [3.8, 4) is 0 Å². The Labute approximate surface area is 213 Å². The molecule has 0 saturated carbocycles. The quantitative estimate of drug-likeness (QED) is 0.220. The molecular weight excluding hydrogens is 492 g/mol. The van der Waals surface area contributed by atoms with E-state index in [-0.39, 0.29) is 49.8 Å². The van der Waals surface area contributed by atoms with Crippen molar-refractivity contribution in [2.24, 2.45) is 0 Å². The molecule has 2 heterocycles. The molecule has 35 heavy (non-hydrogen) atoms. The van der Waals surface area contributed by atoms with Crippen molar-refractivity contribution < 1.29 is 29.1 Å². The number of carbonyl (C=O) groups is 5. The topological polar surface area (TPSA) is 140 Å². The monoisotopic (exact) mass is 520 g/mol. The van der Waals surface area contributed by atoms with Gasteiger partial charge in [-0.3, -0.25) is 24.1 Å². The van der Waals surface area contributed by atoms with Gasteiger partial charge in [-0.25, -0.2) is 4.79 Å². The number of H-pyrrole nitrogens is 1. The van der Waals surface area contributed by atoms with Gasteiger partial charge >= 0.3 is 5.97 Å².